The van der Waals surface area contributed by atoms with Crippen LogP contribution in [0.25, 0.3) is 0 Å². The van der Waals surface area contributed by atoms with E-state index in [2.05, 4.69) is 26.5 Å². The van der Waals surface area contributed by atoms with Gasteiger partial charge in [0.1, 0.15) is 17.2 Å². The maximum absolute atomic E-state index is 12.1. The van der Waals surface area contributed by atoms with Gasteiger partial charge >= 0.3 is 0 Å². The van der Waals surface area contributed by atoms with Gasteiger partial charge in [-0.05, 0) is 53.2 Å². The molecule has 0 heterocycles. The van der Waals surface area contributed by atoms with Crippen LogP contribution in [0.1, 0.15) is 22.8 Å². The number of hydrogen-bond acceptors (Lipinski definition) is 5. The van der Waals surface area contributed by atoms with Gasteiger partial charge in [-0.3, -0.25) is 4.79 Å². The van der Waals surface area contributed by atoms with Crippen molar-refractivity contribution >= 4 is 28.1 Å². The largest absolute Gasteiger partial charge is 0.496 e. The molecule has 1 N–H and O–H groups in total. The number of ether oxygens (including phenoxy) is 3. The van der Waals surface area contributed by atoms with Gasteiger partial charge in [0.2, 0.25) is 0 Å². The van der Waals surface area contributed by atoms with Crippen molar-refractivity contribution in [1.29, 1.82) is 0 Å². The number of carbonyl (C=O) groups is 1. The summed E-state index contributed by atoms with van der Waals surface area (Å²) in [5.74, 6) is 1.63. The molecule has 0 aliphatic heterocycles. The zero-order chi connectivity index (χ0) is 18.2. The number of hydrogen-bond donors (Lipinski definition) is 1. The fourth-order valence-corrected chi connectivity index (χ4v) is 2.60. The number of amides is 1. The van der Waals surface area contributed by atoms with Crippen LogP contribution in [0.4, 0.5) is 0 Å². The number of carbonyl (C=O) groups excluding carboxylic acids is 1. The summed E-state index contributed by atoms with van der Waals surface area (Å²) in [6.45, 7) is 2.48. The lowest BCUT2D eigenvalue weighted by Crippen LogP contribution is -2.17. The highest BCUT2D eigenvalue weighted by molar-refractivity contribution is 9.10. The van der Waals surface area contributed by atoms with Crippen LogP contribution in [0, 0.1) is 0 Å². The van der Waals surface area contributed by atoms with Gasteiger partial charge in [0, 0.05) is 17.2 Å². The first-order valence-electron chi connectivity index (χ1n) is 7.56. The number of methoxy groups -OCH3 is 2. The van der Waals surface area contributed by atoms with E-state index in [1.165, 1.54) is 6.21 Å². The van der Waals surface area contributed by atoms with Crippen LogP contribution in [-0.4, -0.2) is 32.9 Å². The Labute approximate surface area is 154 Å². The molecule has 2 aromatic carbocycles. The Morgan fingerprint density at radius 2 is 1.84 bits per heavy atom. The average Bonchev–Trinajstić information content (AvgIpc) is 2.62. The predicted molar refractivity (Wildman–Crippen MR) is 99.9 cm³/mol. The summed E-state index contributed by atoms with van der Waals surface area (Å²) in [6, 6.07) is 10.4. The summed E-state index contributed by atoms with van der Waals surface area (Å²) in [4.78, 5) is 12.1. The van der Waals surface area contributed by atoms with Crippen molar-refractivity contribution in [3.05, 3.63) is 52.0 Å². The molecule has 0 bridgehead atoms. The van der Waals surface area contributed by atoms with Gasteiger partial charge in [-0.2, -0.15) is 5.10 Å². The minimum Gasteiger partial charge on any atom is -0.496 e. The highest BCUT2D eigenvalue weighted by Crippen LogP contribution is 2.31. The Morgan fingerprint density at radius 3 is 2.44 bits per heavy atom. The smallest absolute Gasteiger partial charge is 0.271 e. The highest BCUT2D eigenvalue weighted by Gasteiger charge is 2.09. The summed E-state index contributed by atoms with van der Waals surface area (Å²) in [7, 11) is 3.13. The maximum Gasteiger partial charge on any atom is 0.271 e. The van der Waals surface area contributed by atoms with Crippen molar-refractivity contribution in [2.45, 2.75) is 6.92 Å². The molecule has 25 heavy (non-hydrogen) atoms. The molecule has 0 atom stereocenters. The van der Waals surface area contributed by atoms with E-state index in [-0.39, 0.29) is 5.91 Å². The van der Waals surface area contributed by atoms with E-state index in [0.29, 0.717) is 29.2 Å². The van der Waals surface area contributed by atoms with E-state index in [1.54, 1.807) is 50.6 Å². The molecule has 0 radical (unpaired) electrons. The van der Waals surface area contributed by atoms with Crippen molar-refractivity contribution in [3.63, 3.8) is 0 Å². The van der Waals surface area contributed by atoms with Gasteiger partial charge in [0.25, 0.3) is 5.91 Å². The zero-order valence-corrected chi connectivity index (χ0v) is 15.8. The van der Waals surface area contributed by atoms with Crippen molar-refractivity contribution in [2.75, 3.05) is 20.8 Å². The van der Waals surface area contributed by atoms with E-state index < -0.39 is 0 Å². The van der Waals surface area contributed by atoms with Crippen molar-refractivity contribution in [3.8, 4) is 17.2 Å². The molecule has 0 saturated heterocycles. The molecule has 2 aromatic rings. The van der Waals surface area contributed by atoms with E-state index in [1.807, 2.05) is 6.92 Å². The average molecular weight is 407 g/mol. The van der Waals surface area contributed by atoms with Gasteiger partial charge in [0.05, 0.1) is 31.5 Å². The standard InChI is InChI=1S/C18H19BrN2O4/c1-4-25-14-7-5-12(6-8-14)18(22)21-20-11-13-9-15(19)17(24-3)10-16(13)23-2/h5-11H,4H2,1-3H3,(H,21,22)/b20-11-. The number of halogens is 1. The molecule has 0 aromatic heterocycles. The molecule has 0 aliphatic rings. The van der Waals surface area contributed by atoms with Crippen molar-refractivity contribution in [2.24, 2.45) is 5.10 Å². The molecular formula is C18H19BrN2O4. The van der Waals surface area contributed by atoms with Gasteiger partial charge in [-0.15, -0.1) is 0 Å². The third-order valence-electron chi connectivity index (χ3n) is 3.30. The fraction of sp³-hybridized carbons (Fsp3) is 0.222. The summed E-state index contributed by atoms with van der Waals surface area (Å²) < 4.78 is 16.6. The number of nitrogens with zero attached hydrogens (tertiary/aromatic N) is 1. The Bertz CT molecular complexity index is 760. The minimum absolute atomic E-state index is 0.314. The number of nitrogens with one attached hydrogen (secondary N) is 1. The molecule has 0 fully saturated rings. The number of hydrazone groups is 1. The summed E-state index contributed by atoms with van der Waals surface area (Å²) in [6.07, 6.45) is 1.51. The SMILES string of the molecule is CCOc1ccc(C(=O)N/N=C\c2cc(Br)c(OC)cc2OC)cc1. The molecule has 0 aliphatic carbocycles. The molecule has 132 valence electrons. The van der Waals surface area contributed by atoms with Crippen LogP contribution >= 0.6 is 15.9 Å². The van der Waals surface area contributed by atoms with Crippen molar-refractivity contribution in [1.82, 2.24) is 5.43 Å². The van der Waals surface area contributed by atoms with Gasteiger partial charge in [-0.1, -0.05) is 0 Å². The van der Waals surface area contributed by atoms with Crippen LogP contribution in [0.15, 0.2) is 46.0 Å². The Hall–Kier alpha value is -2.54. The van der Waals surface area contributed by atoms with Gasteiger partial charge in [-0.25, -0.2) is 5.43 Å². The molecular weight excluding hydrogens is 388 g/mol. The molecule has 0 saturated carbocycles. The van der Waals surface area contributed by atoms with E-state index >= 15 is 0 Å². The molecule has 7 heteroatoms. The third-order valence-corrected chi connectivity index (χ3v) is 3.92. The second-order valence-corrected chi connectivity index (χ2v) is 5.74. The Morgan fingerprint density at radius 1 is 1.16 bits per heavy atom. The second-order valence-electron chi connectivity index (χ2n) is 4.89. The highest BCUT2D eigenvalue weighted by atomic mass is 79.9. The number of benzene rings is 2. The predicted octanol–water partition coefficient (Wildman–Crippen LogP) is 3.63. The van der Waals surface area contributed by atoms with E-state index in [4.69, 9.17) is 14.2 Å². The number of rotatable bonds is 7. The minimum atomic E-state index is -0.314. The van der Waals surface area contributed by atoms with Crippen molar-refractivity contribution < 1.29 is 19.0 Å². The Balaban J connectivity index is 2.07. The second kappa shape index (κ2) is 9.08. The maximum atomic E-state index is 12.1. The zero-order valence-electron chi connectivity index (χ0n) is 14.2. The van der Waals surface area contributed by atoms with Crippen LogP contribution < -0.4 is 19.6 Å². The first-order valence-corrected chi connectivity index (χ1v) is 8.36. The van der Waals surface area contributed by atoms with Crippen LogP contribution in [0.2, 0.25) is 0 Å². The Kier molecular flexibility index (Phi) is 6.82. The topological polar surface area (TPSA) is 69.2 Å². The fourth-order valence-electron chi connectivity index (χ4n) is 2.08. The van der Waals surface area contributed by atoms with Gasteiger partial charge in [0.15, 0.2) is 0 Å². The van der Waals surface area contributed by atoms with E-state index in [9.17, 15) is 4.79 Å². The molecule has 2 rings (SSSR count). The molecule has 1 amide bonds. The first-order chi connectivity index (χ1) is 12.1. The van der Waals surface area contributed by atoms with Crippen LogP contribution in [0.3, 0.4) is 0 Å². The van der Waals surface area contributed by atoms with Gasteiger partial charge < -0.3 is 14.2 Å². The van der Waals surface area contributed by atoms with Crippen LogP contribution in [0.5, 0.6) is 17.2 Å². The monoisotopic (exact) mass is 406 g/mol. The summed E-state index contributed by atoms with van der Waals surface area (Å²) in [5, 5.41) is 3.98. The lowest BCUT2D eigenvalue weighted by atomic mass is 10.2. The molecule has 6 nitrogen and oxygen atoms in total. The first kappa shape index (κ1) is 18.8. The molecule has 0 unspecified atom stereocenters. The lowest BCUT2D eigenvalue weighted by Gasteiger charge is -2.09. The quantitative estimate of drug-likeness (QED) is 0.562. The third kappa shape index (κ3) is 4.96. The van der Waals surface area contributed by atoms with Crippen LogP contribution in [-0.2, 0) is 0 Å². The summed E-state index contributed by atoms with van der Waals surface area (Å²) >= 11 is 3.41. The lowest BCUT2D eigenvalue weighted by molar-refractivity contribution is 0.0955. The van der Waals surface area contributed by atoms with E-state index in [0.717, 1.165) is 10.2 Å². The summed E-state index contributed by atoms with van der Waals surface area (Å²) in [5.41, 5.74) is 3.67. The normalized spacial score (nSPS) is 10.6. The molecule has 0 spiro atoms.